The summed E-state index contributed by atoms with van der Waals surface area (Å²) < 4.78 is 33.4. The van der Waals surface area contributed by atoms with E-state index >= 15 is 0 Å². The van der Waals surface area contributed by atoms with Crippen molar-refractivity contribution in [3.63, 3.8) is 0 Å². The quantitative estimate of drug-likeness (QED) is 0.551. The van der Waals surface area contributed by atoms with Crippen molar-refractivity contribution in [1.82, 2.24) is 0 Å². The smallest absolute Gasteiger partial charge is 0.264 e. The molecule has 162 valence electrons. The van der Waals surface area contributed by atoms with Gasteiger partial charge in [0.1, 0.15) is 12.3 Å². The monoisotopic (exact) mass is 458 g/mol. The van der Waals surface area contributed by atoms with Crippen molar-refractivity contribution in [2.45, 2.75) is 18.7 Å². The van der Waals surface area contributed by atoms with Crippen LogP contribution in [0.5, 0.6) is 5.75 Å². The Balaban J connectivity index is 2.03. The van der Waals surface area contributed by atoms with Crippen molar-refractivity contribution in [3.05, 3.63) is 82.9 Å². The lowest BCUT2D eigenvalue weighted by Gasteiger charge is -2.26. The van der Waals surface area contributed by atoms with Gasteiger partial charge in [-0.2, -0.15) is 0 Å². The Bertz CT molecular complexity index is 1200. The minimum absolute atomic E-state index is 0.0743. The molecular weight excluding hydrogens is 436 g/mol. The summed E-state index contributed by atoms with van der Waals surface area (Å²) >= 11 is 6.04. The Morgan fingerprint density at radius 3 is 2.42 bits per heavy atom. The van der Waals surface area contributed by atoms with E-state index in [4.69, 9.17) is 16.3 Å². The highest BCUT2D eigenvalue weighted by Gasteiger charge is 2.29. The SMILES string of the molecule is COc1ccc(C)cc1N(CC(=O)Nc1cc(Cl)ccc1C)S(=O)(=O)c1ccccc1. The number of amides is 1. The maximum absolute atomic E-state index is 13.5. The molecule has 0 saturated heterocycles. The highest BCUT2D eigenvalue weighted by Crippen LogP contribution is 2.33. The predicted molar refractivity (Wildman–Crippen MR) is 124 cm³/mol. The van der Waals surface area contributed by atoms with Gasteiger partial charge in [0.25, 0.3) is 10.0 Å². The fourth-order valence-electron chi connectivity index (χ4n) is 3.06. The van der Waals surface area contributed by atoms with Gasteiger partial charge in [-0.25, -0.2) is 8.42 Å². The van der Waals surface area contributed by atoms with Crippen LogP contribution in [-0.4, -0.2) is 28.0 Å². The highest BCUT2D eigenvalue weighted by molar-refractivity contribution is 7.92. The second-order valence-corrected chi connectivity index (χ2v) is 9.31. The molecule has 8 heteroatoms. The van der Waals surface area contributed by atoms with Crippen molar-refractivity contribution in [1.29, 1.82) is 0 Å². The lowest BCUT2D eigenvalue weighted by atomic mass is 10.2. The van der Waals surface area contributed by atoms with Gasteiger partial charge >= 0.3 is 0 Å². The fraction of sp³-hybridized carbons (Fsp3) is 0.174. The lowest BCUT2D eigenvalue weighted by molar-refractivity contribution is -0.114. The molecule has 1 N–H and O–H groups in total. The van der Waals surface area contributed by atoms with Gasteiger partial charge < -0.3 is 10.1 Å². The Labute approximate surface area is 187 Å². The van der Waals surface area contributed by atoms with Gasteiger partial charge in [-0.3, -0.25) is 9.10 Å². The summed E-state index contributed by atoms with van der Waals surface area (Å²) in [4.78, 5) is 13.0. The highest BCUT2D eigenvalue weighted by atomic mass is 35.5. The number of ether oxygens (including phenoxy) is 1. The van der Waals surface area contributed by atoms with Crippen LogP contribution in [0.2, 0.25) is 5.02 Å². The van der Waals surface area contributed by atoms with Gasteiger partial charge in [0, 0.05) is 10.7 Å². The Hall–Kier alpha value is -3.03. The van der Waals surface area contributed by atoms with Crippen LogP contribution in [0.4, 0.5) is 11.4 Å². The number of hydrogen-bond acceptors (Lipinski definition) is 4. The van der Waals surface area contributed by atoms with Crippen LogP contribution < -0.4 is 14.4 Å². The number of carbonyl (C=O) groups is 1. The molecule has 31 heavy (non-hydrogen) atoms. The first-order chi connectivity index (χ1) is 14.7. The van der Waals surface area contributed by atoms with E-state index in [1.54, 1.807) is 48.5 Å². The predicted octanol–water partition coefficient (Wildman–Crippen LogP) is 4.80. The first-order valence-electron chi connectivity index (χ1n) is 9.51. The molecule has 0 aromatic heterocycles. The maximum Gasteiger partial charge on any atom is 0.264 e. The molecule has 0 spiro atoms. The van der Waals surface area contributed by atoms with Crippen LogP contribution in [0.1, 0.15) is 11.1 Å². The average molecular weight is 459 g/mol. The van der Waals surface area contributed by atoms with Crippen LogP contribution in [0.15, 0.2) is 71.6 Å². The van der Waals surface area contributed by atoms with Crippen LogP contribution in [0.3, 0.4) is 0 Å². The minimum Gasteiger partial charge on any atom is -0.495 e. The van der Waals surface area contributed by atoms with E-state index in [1.807, 2.05) is 19.9 Å². The van der Waals surface area contributed by atoms with E-state index < -0.39 is 22.5 Å². The van der Waals surface area contributed by atoms with Crippen LogP contribution in [0, 0.1) is 13.8 Å². The summed E-state index contributed by atoms with van der Waals surface area (Å²) in [5.74, 6) is -0.162. The third kappa shape index (κ3) is 5.18. The van der Waals surface area contributed by atoms with Crippen molar-refractivity contribution in [3.8, 4) is 5.75 Å². The van der Waals surface area contributed by atoms with Gasteiger partial charge in [-0.15, -0.1) is 0 Å². The molecule has 0 fully saturated rings. The molecule has 0 saturated carbocycles. The first-order valence-corrected chi connectivity index (χ1v) is 11.3. The standard InChI is InChI=1S/C23H23ClN2O4S/c1-16-9-12-22(30-3)21(13-16)26(31(28,29)19-7-5-4-6-8-19)15-23(27)25-20-14-18(24)11-10-17(20)2/h4-14H,15H2,1-3H3,(H,25,27). The molecule has 3 aromatic rings. The minimum atomic E-state index is -4.04. The number of benzene rings is 3. The van der Waals surface area contributed by atoms with Gasteiger partial charge in [-0.05, 0) is 61.4 Å². The zero-order valence-electron chi connectivity index (χ0n) is 17.4. The number of hydrogen-bond donors (Lipinski definition) is 1. The van der Waals surface area contributed by atoms with Gasteiger partial charge in [0.05, 0.1) is 17.7 Å². The number of methoxy groups -OCH3 is 1. The van der Waals surface area contributed by atoms with Gasteiger partial charge in [0.15, 0.2) is 0 Å². The van der Waals surface area contributed by atoms with Crippen LogP contribution >= 0.6 is 11.6 Å². The second kappa shape index (κ2) is 9.41. The molecule has 0 bridgehead atoms. The molecule has 0 radical (unpaired) electrons. The van der Waals surface area contributed by atoms with E-state index in [0.717, 1.165) is 15.4 Å². The number of halogens is 1. The summed E-state index contributed by atoms with van der Waals surface area (Å²) in [6.45, 7) is 3.22. The zero-order chi connectivity index (χ0) is 22.6. The molecule has 1 amide bonds. The molecule has 0 atom stereocenters. The number of nitrogens with zero attached hydrogens (tertiary/aromatic N) is 1. The number of anilines is 2. The van der Waals surface area contributed by atoms with Crippen LogP contribution in [0.25, 0.3) is 0 Å². The summed E-state index contributed by atoms with van der Waals surface area (Å²) in [7, 11) is -2.59. The summed E-state index contributed by atoms with van der Waals surface area (Å²) in [6, 6.07) is 18.3. The van der Waals surface area contributed by atoms with Crippen molar-refractivity contribution in [2.75, 3.05) is 23.3 Å². The molecule has 0 unspecified atom stereocenters. The normalized spacial score (nSPS) is 11.1. The third-order valence-corrected chi connectivity index (χ3v) is 6.70. The molecule has 6 nitrogen and oxygen atoms in total. The van der Waals surface area contributed by atoms with Crippen molar-refractivity contribution >= 4 is 38.9 Å². The molecule has 0 aliphatic carbocycles. The number of sulfonamides is 1. The van der Waals surface area contributed by atoms with E-state index in [9.17, 15) is 13.2 Å². The number of carbonyl (C=O) groups excluding carboxylic acids is 1. The summed E-state index contributed by atoms with van der Waals surface area (Å²) in [6.07, 6.45) is 0. The molecule has 3 aromatic carbocycles. The molecular formula is C23H23ClN2O4S. The third-order valence-electron chi connectivity index (χ3n) is 4.70. The molecule has 0 heterocycles. The Morgan fingerprint density at radius 2 is 1.74 bits per heavy atom. The van der Waals surface area contributed by atoms with E-state index in [2.05, 4.69) is 5.32 Å². The second-order valence-electron chi connectivity index (χ2n) is 7.01. The van der Waals surface area contributed by atoms with Gasteiger partial charge in [-0.1, -0.05) is 41.9 Å². The summed E-state index contributed by atoms with van der Waals surface area (Å²) in [5, 5.41) is 3.22. The fourth-order valence-corrected chi connectivity index (χ4v) is 4.68. The maximum atomic E-state index is 13.5. The van der Waals surface area contributed by atoms with Crippen molar-refractivity contribution < 1.29 is 17.9 Å². The van der Waals surface area contributed by atoms with E-state index in [1.165, 1.54) is 19.2 Å². The summed E-state index contributed by atoms with van der Waals surface area (Å²) in [5.41, 5.74) is 2.44. The number of nitrogens with one attached hydrogen (secondary N) is 1. The van der Waals surface area contributed by atoms with Gasteiger partial charge in [0.2, 0.25) is 5.91 Å². The number of aryl methyl sites for hydroxylation is 2. The largest absolute Gasteiger partial charge is 0.495 e. The van der Waals surface area contributed by atoms with Crippen molar-refractivity contribution in [2.24, 2.45) is 0 Å². The number of rotatable bonds is 7. The average Bonchev–Trinajstić information content (AvgIpc) is 2.75. The molecule has 0 aliphatic heterocycles. The molecule has 3 rings (SSSR count). The topological polar surface area (TPSA) is 75.7 Å². The first kappa shape index (κ1) is 22.7. The van der Waals surface area contributed by atoms with Crippen LogP contribution in [-0.2, 0) is 14.8 Å². The van der Waals surface area contributed by atoms with E-state index in [0.29, 0.717) is 16.5 Å². The van der Waals surface area contributed by atoms with E-state index in [-0.39, 0.29) is 10.6 Å². The Morgan fingerprint density at radius 1 is 1.03 bits per heavy atom. The Kier molecular flexibility index (Phi) is 6.87. The zero-order valence-corrected chi connectivity index (χ0v) is 19.0. The molecule has 0 aliphatic rings. The lowest BCUT2D eigenvalue weighted by Crippen LogP contribution is -2.38.